The van der Waals surface area contributed by atoms with Gasteiger partial charge in [-0.05, 0) is 24.4 Å². The van der Waals surface area contributed by atoms with E-state index in [0.717, 1.165) is 25.7 Å². The number of hydrogen-bond acceptors (Lipinski definition) is 11. The molecule has 17 heteroatoms. The second kappa shape index (κ2) is 9.56. The molecule has 1 saturated carbocycles. The fourth-order valence-electron chi connectivity index (χ4n) is 4.31. The summed E-state index contributed by atoms with van der Waals surface area (Å²) in [6.07, 6.45) is -0.861. The molecule has 0 aromatic carbocycles. The number of fused-ring (bicyclic) bond motifs is 1. The molecule has 2 fully saturated rings. The van der Waals surface area contributed by atoms with Gasteiger partial charge in [0.15, 0.2) is 38.0 Å². The standard InChI is InChI=1S/C17H25ClN5O9PS/c18-17-21-14(20-8-3-1-2-4-8)11-15(22-17)23(7-19-11)16-13(26)12(25)9(32-16)6-34(30,31)10(5-24)33(27,28)29/h7-10,12-13,16,24-26H,1-6H2,(H,20,21,22)(H2,27,28,29)/t9-,10?,12-,13-,16-/m1/s1. The molecule has 1 unspecified atom stereocenters. The number of nitrogens with one attached hydrogen (secondary N) is 1. The zero-order valence-electron chi connectivity index (χ0n) is 17.7. The van der Waals surface area contributed by atoms with Crippen molar-refractivity contribution in [3.63, 3.8) is 0 Å². The van der Waals surface area contributed by atoms with Crippen molar-refractivity contribution < 1.29 is 42.8 Å². The average Bonchev–Trinajstić information content (AvgIpc) is 3.44. The number of aliphatic hydroxyl groups is 3. The lowest BCUT2D eigenvalue weighted by Crippen LogP contribution is -2.39. The highest BCUT2D eigenvalue weighted by Crippen LogP contribution is 2.45. The summed E-state index contributed by atoms with van der Waals surface area (Å²) in [5, 5.41) is 33.4. The van der Waals surface area contributed by atoms with Gasteiger partial charge in [0.05, 0.1) is 18.7 Å². The minimum atomic E-state index is -5.20. The molecule has 34 heavy (non-hydrogen) atoms. The van der Waals surface area contributed by atoms with E-state index in [0.29, 0.717) is 11.3 Å². The zero-order chi connectivity index (χ0) is 24.8. The number of halogens is 1. The van der Waals surface area contributed by atoms with Crippen LogP contribution in [0.15, 0.2) is 6.33 Å². The third-order valence-corrected chi connectivity index (χ3v) is 10.7. The van der Waals surface area contributed by atoms with Crippen LogP contribution in [0.25, 0.3) is 11.2 Å². The Morgan fingerprint density at radius 1 is 1.24 bits per heavy atom. The van der Waals surface area contributed by atoms with Gasteiger partial charge in [-0.2, -0.15) is 9.97 Å². The molecule has 190 valence electrons. The monoisotopic (exact) mass is 541 g/mol. The Balaban J connectivity index is 1.61. The predicted octanol–water partition coefficient (Wildman–Crippen LogP) is -0.636. The maximum atomic E-state index is 12.5. The summed E-state index contributed by atoms with van der Waals surface area (Å²) in [6.45, 7) is -1.32. The van der Waals surface area contributed by atoms with E-state index in [1.165, 1.54) is 10.9 Å². The molecule has 1 saturated heterocycles. The molecule has 6 N–H and O–H groups in total. The molecule has 0 amide bonds. The van der Waals surface area contributed by atoms with Crippen molar-refractivity contribution in [1.82, 2.24) is 19.5 Å². The number of imidazole rings is 1. The Morgan fingerprint density at radius 2 is 1.91 bits per heavy atom. The number of aliphatic hydroxyl groups excluding tert-OH is 3. The second-order valence-corrected chi connectivity index (χ2v) is 13.1. The highest BCUT2D eigenvalue weighted by Gasteiger charge is 2.49. The first-order chi connectivity index (χ1) is 15.9. The van der Waals surface area contributed by atoms with Crippen molar-refractivity contribution in [3.05, 3.63) is 11.6 Å². The molecule has 4 rings (SSSR count). The summed E-state index contributed by atoms with van der Waals surface area (Å²) < 4.78 is 43.3. The first-order valence-electron chi connectivity index (χ1n) is 10.5. The Hall–Kier alpha value is -1.42. The normalized spacial score (nSPS) is 27.5. The molecule has 5 atom stereocenters. The van der Waals surface area contributed by atoms with Crippen LogP contribution in [0.4, 0.5) is 5.82 Å². The van der Waals surface area contributed by atoms with Gasteiger partial charge in [-0.1, -0.05) is 12.8 Å². The molecular formula is C17H25ClN5O9PS. The van der Waals surface area contributed by atoms with Crippen LogP contribution in [-0.2, 0) is 19.1 Å². The van der Waals surface area contributed by atoms with Gasteiger partial charge < -0.3 is 35.2 Å². The van der Waals surface area contributed by atoms with E-state index >= 15 is 0 Å². The van der Waals surface area contributed by atoms with Gasteiger partial charge in [-0.25, -0.2) is 13.4 Å². The first kappa shape index (κ1) is 25.7. The molecule has 0 spiro atoms. The van der Waals surface area contributed by atoms with Gasteiger partial charge in [-0.15, -0.1) is 0 Å². The van der Waals surface area contributed by atoms with Crippen molar-refractivity contribution in [3.8, 4) is 0 Å². The van der Waals surface area contributed by atoms with Gasteiger partial charge in [0.2, 0.25) is 5.28 Å². The van der Waals surface area contributed by atoms with E-state index in [1.807, 2.05) is 0 Å². The third kappa shape index (κ3) is 4.94. The number of ether oxygens (including phenoxy) is 1. The topological polar surface area (TPSA) is 217 Å². The summed E-state index contributed by atoms with van der Waals surface area (Å²) in [6, 6.07) is 0.192. The van der Waals surface area contributed by atoms with Crippen molar-refractivity contribution >= 4 is 46.0 Å². The number of anilines is 1. The SMILES string of the molecule is O=P(O)(O)C(CO)S(=O)(=O)C[C@H]1O[C@@H](n2cnc3c(NC4CCCC4)nc(Cl)nc32)[C@H](O)[C@@H]1O. The van der Waals surface area contributed by atoms with Crippen molar-refractivity contribution in [2.45, 2.75) is 61.3 Å². The largest absolute Gasteiger partial charge is 0.394 e. The fourth-order valence-corrected chi connectivity index (χ4v) is 7.80. The maximum Gasteiger partial charge on any atom is 0.345 e. The van der Waals surface area contributed by atoms with E-state index in [9.17, 15) is 38.1 Å². The van der Waals surface area contributed by atoms with E-state index in [1.54, 1.807) is 0 Å². The number of rotatable bonds is 8. The maximum absolute atomic E-state index is 12.5. The molecule has 0 radical (unpaired) electrons. The summed E-state index contributed by atoms with van der Waals surface area (Å²) in [4.78, 5) is 28.7. The van der Waals surface area contributed by atoms with Gasteiger partial charge >= 0.3 is 7.60 Å². The lowest BCUT2D eigenvalue weighted by Gasteiger charge is -2.20. The van der Waals surface area contributed by atoms with Crippen LogP contribution >= 0.6 is 19.2 Å². The second-order valence-electron chi connectivity index (χ2n) is 8.39. The molecule has 2 aromatic heterocycles. The molecule has 3 heterocycles. The van der Waals surface area contributed by atoms with E-state index in [4.69, 9.17) is 16.3 Å². The molecule has 1 aliphatic heterocycles. The summed E-state index contributed by atoms with van der Waals surface area (Å²) in [5.74, 6) is -0.658. The number of hydrogen-bond donors (Lipinski definition) is 6. The number of aromatic nitrogens is 4. The zero-order valence-corrected chi connectivity index (χ0v) is 20.1. The summed E-state index contributed by atoms with van der Waals surface area (Å²) >= 11 is 6.09. The van der Waals surface area contributed by atoms with Crippen molar-refractivity contribution in [2.75, 3.05) is 17.7 Å². The Labute approximate surface area is 199 Å². The quantitative estimate of drug-likeness (QED) is 0.181. The lowest BCUT2D eigenvalue weighted by molar-refractivity contribution is -0.0292. The Kier molecular flexibility index (Phi) is 7.22. The molecule has 1 aliphatic carbocycles. The van der Waals surface area contributed by atoms with E-state index in [-0.39, 0.29) is 17.0 Å². The van der Waals surface area contributed by atoms with Crippen LogP contribution in [-0.4, -0.2) is 94.7 Å². The van der Waals surface area contributed by atoms with Crippen molar-refractivity contribution in [1.29, 1.82) is 0 Å². The average molecular weight is 542 g/mol. The van der Waals surface area contributed by atoms with E-state index < -0.39 is 59.3 Å². The minimum absolute atomic E-state index is 0.102. The predicted molar refractivity (Wildman–Crippen MR) is 119 cm³/mol. The number of sulfone groups is 1. The van der Waals surface area contributed by atoms with Crippen LogP contribution < -0.4 is 5.32 Å². The van der Waals surface area contributed by atoms with E-state index in [2.05, 4.69) is 20.3 Å². The highest BCUT2D eigenvalue weighted by molar-refractivity contribution is 7.98. The highest BCUT2D eigenvalue weighted by atomic mass is 35.5. The Bertz CT molecular complexity index is 1200. The van der Waals surface area contributed by atoms with Crippen LogP contribution in [0.5, 0.6) is 0 Å². The minimum Gasteiger partial charge on any atom is -0.394 e. The molecule has 0 bridgehead atoms. The van der Waals surface area contributed by atoms with Crippen LogP contribution in [0, 0.1) is 0 Å². The number of nitrogens with zero attached hydrogens (tertiary/aromatic N) is 4. The smallest absolute Gasteiger partial charge is 0.345 e. The van der Waals surface area contributed by atoms with Gasteiger partial charge in [0, 0.05) is 6.04 Å². The van der Waals surface area contributed by atoms with Crippen molar-refractivity contribution in [2.24, 2.45) is 0 Å². The van der Waals surface area contributed by atoms with Gasteiger partial charge in [-0.3, -0.25) is 9.13 Å². The Morgan fingerprint density at radius 3 is 2.53 bits per heavy atom. The molecular weight excluding hydrogens is 517 g/mol. The molecule has 2 aromatic rings. The van der Waals surface area contributed by atoms with Gasteiger partial charge in [0.25, 0.3) is 0 Å². The van der Waals surface area contributed by atoms with Gasteiger partial charge in [0.1, 0.15) is 18.3 Å². The van der Waals surface area contributed by atoms with Crippen LogP contribution in [0.2, 0.25) is 5.28 Å². The van der Waals surface area contributed by atoms with Crippen LogP contribution in [0.3, 0.4) is 0 Å². The molecule has 14 nitrogen and oxygen atoms in total. The first-order valence-corrected chi connectivity index (χ1v) is 14.3. The van der Waals surface area contributed by atoms with Crippen LogP contribution in [0.1, 0.15) is 31.9 Å². The summed E-state index contributed by atoms with van der Waals surface area (Å²) in [5.41, 5.74) is 0.503. The fraction of sp³-hybridized carbons (Fsp3) is 0.706. The third-order valence-electron chi connectivity index (χ3n) is 6.04. The lowest BCUT2D eigenvalue weighted by atomic mass is 10.1. The summed E-state index contributed by atoms with van der Waals surface area (Å²) in [7, 11) is -9.82. The molecule has 2 aliphatic rings.